The van der Waals surface area contributed by atoms with Crippen molar-refractivity contribution in [3.63, 3.8) is 0 Å². The summed E-state index contributed by atoms with van der Waals surface area (Å²) < 4.78 is 5.20. The van der Waals surface area contributed by atoms with Crippen LogP contribution in [0.5, 0.6) is 0 Å². The Hall–Kier alpha value is -2.14. The Balaban J connectivity index is 1.57. The monoisotopic (exact) mass is 257 g/mol. The van der Waals surface area contributed by atoms with Gasteiger partial charge in [0.15, 0.2) is 12.2 Å². The second-order valence-electron chi connectivity index (χ2n) is 4.65. The SMILES string of the molecule is O=C(CNC1CC1)Nc1ccc(-c2cnco2)cc1. The first-order valence-electron chi connectivity index (χ1n) is 6.33. The highest BCUT2D eigenvalue weighted by Crippen LogP contribution is 2.21. The Morgan fingerprint density at radius 3 is 2.74 bits per heavy atom. The number of aromatic nitrogens is 1. The maximum absolute atomic E-state index is 11.7. The smallest absolute Gasteiger partial charge is 0.238 e. The minimum Gasteiger partial charge on any atom is -0.444 e. The van der Waals surface area contributed by atoms with E-state index in [1.807, 2.05) is 24.3 Å². The van der Waals surface area contributed by atoms with Crippen LogP contribution in [0.25, 0.3) is 11.3 Å². The van der Waals surface area contributed by atoms with E-state index in [1.165, 1.54) is 19.2 Å². The fraction of sp³-hybridized carbons (Fsp3) is 0.286. The van der Waals surface area contributed by atoms with Gasteiger partial charge in [0.1, 0.15) is 0 Å². The van der Waals surface area contributed by atoms with Crippen molar-refractivity contribution >= 4 is 11.6 Å². The second kappa shape index (κ2) is 5.24. The van der Waals surface area contributed by atoms with Gasteiger partial charge in [-0.3, -0.25) is 4.79 Å². The lowest BCUT2D eigenvalue weighted by molar-refractivity contribution is -0.115. The number of anilines is 1. The third-order valence-corrected chi connectivity index (χ3v) is 3.01. The molecule has 1 aliphatic carbocycles. The van der Waals surface area contributed by atoms with Gasteiger partial charge < -0.3 is 15.1 Å². The molecule has 3 rings (SSSR count). The molecule has 1 saturated carbocycles. The number of rotatable bonds is 5. The van der Waals surface area contributed by atoms with Crippen LogP contribution < -0.4 is 10.6 Å². The maximum Gasteiger partial charge on any atom is 0.238 e. The predicted molar refractivity (Wildman–Crippen MR) is 71.6 cm³/mol. The molecule has 5 nitrogen and oxygen atoms in total. The van der Waals surface area contributed by atoms with Crippen molar-refractivity contribution < 1.29 is 9.21 Å². The minimum atomic E-state index is -0.0145. The first-order chi connectivity index (χ1) is 9.31. The van der Waals surface area contributed by atoms with Crippen molar-refractivity contribution in [2.75, 3.05) is 11.9 Å². The molecule has 1 aromatic heterocycles. The third kappa shape index (κ3) is 3.20. The van der Waals surface area contributed by atoms with Crippen molar-refractivity contribution in [2.24, 2.45) is 0 Å². The summed E-state index contributed by atoms with van der Waals surface area (Å²) in [6.45, 7) is 0.370. The quantitative estimate of drug-likeness (QED) is 0.860. The van der Waals surface area contributed by atoms with Gasteiger partial charge in [-0.1, -0.05) is 0 Å². The highest BCUT2D eigenvalue weighted by molar-refractivity contribution is 5.92. The maximum atomic E-state index is 11.7. The van der Waals surface area contributed by atoms with E-state index < -0.39 is 0 Å². The first kappa shape index (κ1) is 11.9. The van der Waals surface area contributed by atoms with Gasteiger partial charge in [-0.05, 0) is 37.1 Å². The molecule has 2 N–H and O–H groups in total. The fourth-order valence-electron chi connectivity index (χ4n) is 1.81. The first-order valence-corrected chi connectivity index (χ1v) is 6.33. The van der Waals surface area contributed by atoms with Crippen LogP contribution in [0.4, 0.5) is 5.69 Å². The number of hydrogen-bond donors (Lipinski definition) is 2. The van der Waals surface area contributed by atoms with Crippen LogP contribution >= 0.6 is 0 Å². The van der Waals surface area contributed by atoms with Crippen molar-refractivity contribution in [1.29, 1.82) is 0 Å². The molecular formula is C14H15N3O2. The summed E-state index contributed by atoms with van der Waals surface area (Å²) in [6.07, 6.45) is 5.42. The standard InChI is InChI=1S/C14H15N3O2/c18-14(8-16-11-5-6-11)17-12-3-1-10(2-4-12)13-7-15-9-19-13/h1-4,7,9,11,16H,5-6,8H2,(H,17,18). The molecule has 1 aliphatic rings. The fourth-order valence-corrected chi connectivity index (χ4v) is 1.81. The molecule has 0 bridgehead atoms. The van der Waals surface area contributed by atoms with Crippen LogP contribution in [-0.4, -0.2) is 23.5 Å². The van der Waals surface area contributed by atoms with Gasteiger partial charge in [-0.2, -0.15) is 0 Å². The molecule has 1 fully saturated rings. The molecule has 98 valence electrons. The lowest BCUT2D eigenvalue weighted by Gasteiger charge is -2.06. The Bertz CT molecular complexity index is 545. The Kier molecular flexibility index (Phi) is 3.29. The van der Waals surface area contributed by atoms with Crippen LogP contribution in [-0.2, 0) is 4.79 Å². The number of hydrogen-bond acceptors (Lipinski definition) is 4. The van der Waals surface area contributed by atoms with E-state index in [4.69, 9.17) is 4.42 Å². The number of carbonyl (C=O) groups is 1. The molecule has 0 aliphatic heterocycles. The van der Waals surface area contributed by atoms with Gasteiger partial charge in [0.25, 0.3) is 0 Å². The van der Waals surface area contributed by atoms with Crippen molar-refractivity contribution in [3.05, 3.63) is 36.9 Å². The van der Waals surface area contributed by atoms with E-state index >= 15 is 0 Å². The average Bonchev–Trinajstić information content (AvgIpc) is 3.10. The topological polar surface area (TPSA) is 67.2 Å². The highest BCUT2D eigenvalue weighted by atomic mass is 16.3. The van der Waals surface area contributed by atoms with Crippen molar-refractivity contribution in [2.45, 2.75) is 18.9 Å². The average molecular weight is 257 g/mol. The van der Waals surface area contributed by atoms with E-state index in [1.54, 1.807) is 6.20 Å². The molecule has 0 atom stereocenters. The lowest BCUT2D eigenvalue weighted by atomic mass is 10.2. The van der Waals surface area contributed by atoms with Gasteiger partial charge in [-0.15, -0.1) is 0 Å². The van der Waals surface area contributed by atoms with E-state index in [9.17, 15) is 4.79 Å². The van der Waals surface area contributed by atoms with Crippen LogP contribution in [0, 0.1) is 0 Å². The summed E-state index contributed by atoms with van der Waals surface area (Å²) in [5.41, 5.74) is 1.72. The Labute approximate surface area is 111 Å². The molecule has 2 aromatic rings. The Morgan fingerprint density at radius 1 is 1.32 bits per heavy atom. The van der Waals surface area contributed by atoms with Gasteiger partial charge in [-0.25, -0.2) is 4.98 Å². The number of nitrogens with one attached hydrogen (secondary N) is 2. The molecule has 19 heavy (non-hydrogen) atoms. The van der Waals surface area contributed by atoms with Crippen LogP contribution in [0.15, 0.2) is 41.3 Å². The zero-order valence-electron chi connectivity index (χ0n) is 10.4. The largest absolute Gasteiger partial charge is 0.444 e. The van der Waals surface area contributed by atoms with Crippen LogP contribution in [0.2, 0.25) is 0 Å². The van der Waals surface area contributed by atoms with Crippen LogP contribution in [0.3, 0.4) is 0 Å². The molecule has 0 radical (unpaired) electrons. The summed E-state index contributed by atoms with van der Waals surface area (Å²) in [6, 6.07) is 8.04. The Morgan fingerprint density at radius 2 is 2.11 bits per heavy atom. The van der Waals surface area contributed by atoms with E-state index in [2.05, 4.69) is 15.6 Å². The molecule has 1 heterocycles. The number of nitrogens with zero attached hydrogens (tertiary/aromatic N) is 1. The van der Waals surface area contributed by atoms with Gasteiger partial charge in [0.05, 0.1) is 12.7 Å². The minimum absolute atomic E-state index is 0.0145. The summed E-state index contributed by atoms with van der Waals surface area (Å²) in [7, 11) is 0. The summed E-state index contributed by atoms with van der Waals surface area (Å²) in [4.78, 5) is 15.5. The highest BCUT2D eigenvalue weighted by Gasteiger charge is 2.21. The third-order valence-electron chi connectivity index (χ3n) is 3.01. The van der Waals surface area contributed by atoms with Crippen molar-refractivity contribution in [3.8, 4) is 11.3 Å². The van der Waals surface area contributed by atoms with E-state index in [0.29, 0.717) is 18.3 Å². The van der Waals surface area contributed by atoms with Gasteiger partial charge in [0, 0.05) is 17.3 Å². The number of carbonyl (C=O) groups excluding carboxylic acids is 1. The molecule has 0 spiro atoms. The lowest BCUT2D eigenvalue weighted by Crippen LogP contribution is -2.29. The van der Waals surface area contributed by atoms with Gasteiger partial charge >= 0.3 is 0 Å². The molecule has 0 unspecified atom stereocenters. The molecule has 1 amide bonds. The summed E-state index contributed by atoms with van der Waals surface area (Å²) >= 11 is 0. The summed E-state index contributed by atoms with van der Waals surface area (Å²) in [5.74, 6) is 0.701. The predicted octanol–water partition coefficient (Wildman–Crippen LogP) is 2.03. The molecule has 0 saturated heterocycles. The molecule has 5 heteroatoms. The van der Waals surface area contributed by atoms with E-state index in [-0.39, 0.29) is 5.91 Å². The van der Waals surface area contributed by atoms with Gasteiger partial charge in [0.2, 0.25) is 5.91 Å². The summed E-state index contributed by atoms with van der Waals surface area (Å²) in [5, 5.41) is 6.02. The molecule has 1 aromatic carbocycles. The molecular weight excluding hydrogens is 242 g/mol. The van der Waals surface area contributed by atoms with Crippen molar-refractivity contribution in [1.82, 2.24) is 10.3 Å². The number of benzene rings is 1. The number of amides is 1. The van der Waals surface area contributed by atoms with Crippen LogP contribution in [0.1, 0.15) is 12.8 Å². The zero-order chi connectivity index (χ0) is 13.1. The number of oxazole rings is 1. The zero-order valence-corrected chi connectivity index (χ0v) is 10.4. The van der Waals surface area contributed by atoms with E-state index in [0.717, 1.165) is 11.3 Å². The normalized spacial score (nSPS) is 14.3. The second-order valence-corrected chi connectivity index (χ2v) is 4.65.